The summed E-state index contributed by atoms with van der Waals surface area (Å²) in [7, 11) is 0. The molecule has 0 aliphatic carbocycles. The van der Waals surface area contributed by atoms with Crippen LogP contribution in [0.2, 0.25) is 0 Å². The minimum absolute atomic E-state index is 0.145. The Morgan fingerprint density at radius 1 is 1.59 bits per heavy atom. The summed E-state index contributed by atoms with van der Waals surface area (Å²) in [6.45, 7) is 4.13. The Morgan fingerprint density at radius 3 is 2.71 bits per heavy atom. The number of halogens is 1. The molecule has 0 saturated carbocycles. The first kappa shape index (κ1) is 13.9. The van der Waals surface area contributed by atoms with Gasteiger partial charge in [-0.15, -0.1) is 0 Å². The number of carbonyl (C=O) groups excluding carboxylic acids is 1. The molecule has 0 radical (unpaired) electrons. The van der Waals surface area contributed by atoms with Gasteiger partial charge in [-0.25, -0.2) is 4.79 Å². The molecular formula is C12H13BrO4. The fourth-order valence-corrected chi connectivity index (χ4v) is 1.55. The third-order valence-corrected chi connectivity index (χ3v) is 2.59. The highest BCUT2D eigenvalue weighted by Gasteiger charge is 2.33. The van der Waals surface area contributed by atoms with E-state index in [1.807, 2.05) is 0 Å². The highest BCUT2D eigenvalue weighted by molar-refractivity contribution is 9.10. The maximum absolute atomic E-state index is 11.4. The van der Waals surface area contributed by atoms with Gasteiger partial charge in [-0.2, -0.15) is 0 Å². The first-order chi connectivity index (χ1) is 7.89. The molecule has 0 heterocycles. The second-order valence-corrected chi connectivity index (χ2v) is 4.54. The highest BCUT2D eigenvalue weighted by Crippen LogP contribution is 2.25. The molecule has 0 spiro atoms. The summed E-state index contributed by atoms with van der Waals surface area (Å²) in [6.07, 6.45) is 0. The predicted octanol–water partition coefficient (Wildman–Crippen LogP) is 1.71. The lowest BCUT2D eigenvalue weighted by Crippen LogP contribution is -2.36. The normalized spacial score (nSPS) is 13.9. The van der Waals surface area contributed by atoms with E-state index in [0.29, 0.717) is 4.47 Å². The van der Waals surface area contributed by atoms with Gasteiger partial charge in [0.2, 0.25) is 0 Å². The molecule has 1 unspecified atom stereocenters. The Hall–Kier alpha value is -1.17. The number of esters is 1. The van der Waals surface area contributed by atoms with Crippen molar-refractivity contribution < 1.29 is 19.7 Å². The summed E-state index contributed by atoms with van der Waals surface area (Å²) >= 11 is 3.23. The number of rotatable bonds is 4. The summed E-state index contributed by atoms with van der Waals surface area (Å²) < 4.78 is 5.54. The van der Waals surface area contributed by atoms with Crippen LogP contribution in [0.5, 0.6) is 0 Å². The van der Waals surface area contributed by atoms with E-state index in [1.54, 1.807) is 24.3 Å². The van der Waals surface area contributed by atoms with Crippen LogP contribution >= 0.6 is 15.9 Å². The van der Waals surface area contributed by atoms with E-state index in [-0.39, 0.29) is 11.1 Å². The van der Waals surface area contributed by atoms with Gasteiger partial charge >= 0.3 is 5.97 Å². The van der Waals surface area contributed by atoms with Gasteiger partial charge in [-0.1, -0.05) is 34.6 Å². The van der Waals surface area contributed by atoms with Crippen molar-refractivity contribution in [2.75, 3.05) is 6.61 Å². The third kappa shape index (κ3) is 3.39. The summed E-state index contributed by atoms with van der Waals surface area (Å²) in [5.41, 5.74) is 0.427. The van der Waals surface area contributed by atoms with Gasteiger partial charge in [-0.05, 0) is 19.1 Å². The van der Waals surface area contributed by atoms with Gasteiger partial charge in [-0.3, -0.25) is 0 Å². The summed E-state index contributed by atoms with van der Waals surface area (Å²) in [6, 6.07) is 6.52. The van der Waals surface area contributed by atoms with Crippen LogP contribution in [0, 0.1) is 0 Å². The largest absolute Gasteiger partial charge is 0.423 e. The summed E-state index contributed by atoms with van der Waals surface area (Å²) in [5.74, 6) is -2.82. The van der Waals surface area contributed by atoms with Crippen molar-refractivity contribution in [3.63, 3.8) is 0 Å². The van der Waals surface area contributed by atoms with Crippen LogP contribution in [0.3, 0.4) is 0 Å². The number of hydrogen-bond acceptors (Lipinski definition) is 4. The van der Waals surface area contributed by atoms with Crippen molar-refractivity contribution in [1.29, 1.82) is 0 Å². The molecule has 4 nitrogen and oxygen atoms in total. The maximum atomic E-state index is 11.4. The van der Waals surface area contributed by atoms with E-state index in [4.69, 9.17) is 4.74 Å². The Morgan fingerprint density at radius 2 is 2.24 bits per heavy atom. The number of benzene rings is 1. The molecular weight excluding hydrogens is 288 g/mol. The fourth-order valence-electron chi connectivity index (χ4n) is 1.15. The average molecular weight is 301 g/mol. The minimum Gasteiger partial charge on any atom is -0.423 e. The molecule has 92 valence electrons. The Labute approximate surface area is 108 Å². The minimum atomic E-state index is -2.06. The molecule has 1 aromatic carbocycles. The third-order valence-electron chi connectivity index (χ3n) is 2.10. The van der Waals surface area contributed by atoms with Crippen molar-refractivity contribution in [3.8, 4) is 0 Å². The molecule has 0 aliphatic rings. The number of ether oxygens (including phenoxy) is 1. The van der Waals surface area contributed by atoms with E-state index < -0.39 is 18.4 Å². The van der Waals surface area contributed by atoms with Crippen LogP contribution in [0.15, 0.2) is 40.9 Å². The number of carbonyl (C=O) groups is 1. The van der Waals surface area contributed by atoms with Gasteiger partial charge < -0.3 is 14.9 Å². The predicted molar refractivity (Wildman–Crippen MR) is 66.0 cm³/mol. The lowest BCUT2D eigenvalue weighted by atomic mass is 10.1. The lowest BCUT2D eigenvalue weighted by Gasteiger charge is -2.26. The van der Waals surface area contributed by atoms with Crippen molar-refractivity contribution in [2.24, 2.45) is 0 Å². The number of hydrogen-bond donors (Lipinski definition) is 2. The zero-order valence-corrected chi connectivity index (χ0v) is 10.9. The van der Waals surface area contributed by atoms with Crippen LogP contribution in [0.4, 0.5) is 0 Å². The second kappa shape index (κ2) is 5.44. The summed E-state index contributed by atoms with van der Waals surface area (Å²) in [5, 5.41) is 19.3. The molecule has 2 N–H and O–H groups in total. The zero-order chi connectivity index (χ0) is 13.1. The van der Waals surface area contributed by atoms with Crippen LogP contribution in [0.25, 0.3) is 0 Å². The quantitative estimate of drug-likeness (QED) is 0.505. The van der Waals surface area contributed by atoms with Crippen LogP contribution in [-0.2, 0) is 15.3 Å². The SMILES string of the molecule is C=C(C)C(=O)OC(O)(CO)c1cccc(Br)c1. The van der Waals surface area contributed by atoms with E-state index >= 15 is 0 Å². The fraction of sp³-hybridized carbons (Fsp3) is 0.250. The number of aliphatic hydroxyl groups is 2. The number of aliphatic hydroxyl groups excluding tert-OH is 1. The molecule has 1 aromatic rings. The van der Waals surface area contributed by atoms with Crippen molar-refractivity contribution in [1.82, 2.24) is 0 Å². The van der Waals surface area contributed by atoms with Gasteiger partial charge in [0.05, 0.1) is 0 Å². The first-order valence-corrected chi connectivity index (χ1v) is 5.66. The first-order valence-electron chi connectivity index (χ1n) is 4.87. The monoisotopic (exact) mass is 300 g/mol. The molecule has 0 aliphatic heterocycles. The standard InChI is InChI=1S/C12H13BrO4/c1-8(2)11(15)17-12(16,7-14)9-4-3-5-10(13)6-9/h3-6,14,16H,1,7H2,2H3. The lowest BCUT2D eigenvalue weighted by molar-refractivity contribution is -0.226. The van der Waals surface area contributed by atoms with Gasteiger partial charge in [0.25, 0.3) is 5.79 Å². The average Bonchev–Trinajstić information content (AvgIpc) is 2.28. The van der Waals surface area contributed by atoms with Crippen molar-refractivity contribution in [2.45, 2.75) is 12.7 Å². The van der Waals surface area contributed by atoms with Gasteiger partial charge in [0.15, 0.2) is 0 Å². The second-order valence-electron chi connectivity index (χ2n) is 3.62. The van der Waals surface area contributed by atoms with Gasteiger partial charge in [0.1, 0.15) is 6.61 Å². The molecule has 0 aromatic heterocycles. The Kier molecular flexibility index (Phi) is 4.45. The maximum Gasteiger partial charge on any atom is 0.335 e. The summed E-state index contributed by atoms with van der Waals surface area (Å²) in [4.78, 5) is 11.4. The van der Waals surface area contributed by atoms with E-state index in [1.165, 1.54) is 6.92 Å². The Balaban J connectivity index is 3.03. The molecule has 17 heavy (non-hydrogen) atoms. The van der Waals surface area contributed by atoms with E-state index in [9.17, 15) is 15.0 Å². The van der Waals surface area contributed by atoms with E-state index in [2.05, 4.69) is 22.5 Å². The van der Waals surface area contributed by atoms with E-state index in [0.717, 1.165) is 0 Å². The molecule has 0 saturated heterocycles. The van der Waals surface area contributed by atoms with Crippen molar-refractivity contribution in [3.05, 3.63) is 46.5 Å². The zero-order valence-electron chi connectivity index (χ0n) is 9.31. The van der Waals surface area contributed by atoms with Crippen LogP contribution < -0.4 is 0 Å². The Bertz CT molecular complexity index is 444. The van der Waals surface area contributed by atoms with Crippen molar-refractivity contribution >= 4 is 21.9 Å². The molecule has 5 heteroatoms. The van der Waals surface area contributed by atoms with Gasteiger partial charge in [0, 0.05) is 15.6 Å². The smallest absolute Gasteiger partial charge is 0.335 e. The molecule has 1 rings (SSSR count). The topological polar surface area (TPSA) is 66.8 Å². The molecule has 1 atom stereocenters. The molecule has 0 fully saturated rings. The van der Waals surface area contributed by atoms with Crippen LogP contribution in [-0.4, -0.2) is 22.8 Å². The molecule has 0 amide bonds. The molecule has 0 bridgehead atoms. The van der Waals surface area contributed by atoms with Crippen LogP contribution in [0.1, 0.15) is 12.5 Å². The highest BCUT2D eigenvalue weighted by atomic mass is 79.9.